The van der Waals surface area contributed by atoms with Gasteiger partial charge >= 0.3 is 11.9 Å². The SMILES string of the molecule is CCC1=C[C@]2(CC)O[C@@]1(CC)C1C(=O)OC(=O)C12. The summed E-state index contributed by atoms with van der Waals surface area (Å²) >= 11 is 0. The van der Waals surface area contributed by atoms with E-state index < -0.39 is 35.0 Å². The molecule has 4 nitrogen and oxygen atoms in total. The van der Waals surface area contributed by atoms with Gasteiger partial charge < -0.3 is 9.47 Å². The predicted molar refractivity (Wildman–Crippen MR) is 63.6 cm³/mol. The summed E-state index contributed by atoms with van der Waals surface area (Å²) in [6, 6.07) is 0. The summed E-state index contributed by atoms with van der Waals surface area (Å²) < 4.78 is 11.1. The lowest BCUT2D eigenvalue weighted by atomic mass is 9.66. The number of hydrogen-bond acceptors (Lipinski definition) is 4. The van der Waals surface area contributed by atoms with Crippen molar-refractivity contribution >= 4 is 11.9 Å². The molecular weight excluding hydrogens is 232 g/mol. The lowest BCUT2D eigenvalue weighted by Gasteiger charge is -2.31. The standard InChI is InChI=1S/C14H18O4/c1-4-8-7-13(5-2)9-10(12(16)17-11(9)15)14(8,6-3)18-13/h7,9-10H,4-6H2,1-3H3/t9?,10?,13-,14+/m0/s1. The van der Waals surface area contributed by atoms with Crippen molar-refractivity contribution in [3.63, 3.8) is 0 Å². The topological polar surface area (TPSA) is 52.6 Å². The van der Waals surface area contributed by atoms with Crippen molar-refractivity contribution < 1.29 is 19.1 Å². The minimum Gasteiger partial charge on any atom is -0.393 e. The highest BCUT2D eigenvalue weighted by Gasteiger charge is 2.73. The Morgan fingerprint density at radius 1 is 1.11 bits per heavy atom. The van der Waals surface area contributed by atoms with Gasteiger partial charge in [-0.1, -0.05) is 20.8 Å². The van der Waals surface area contributed by atoms with Crippen molar-refractivity contribution in [2.45, 2.75) is 51.2 Å². The van der Waals surface area contributed by atoms with E-state index in [9.17, 15) is 9.59 Å². The van der Waals surface area contributed by atoms with Gasteiger partial charge in [0.05, 0.1) is 0 Å². The Bertz CT molecular complexity index is 466. The lowest BCUT2D eigenvalue weighted by molar-refractivity contribution is -0.162. The van der Waals surface area contributed by atoms with Crippen molar-refractivity contribution in [2.75, 3.05) is 0 Å². The molecule has 0 radical (unpaired) electrons. The Morgan fingerprint density at radius 3 is 2.33 bits per heavy atom. The second-order valence-corrected chi connectivity index (χ2v) is 5.37. The van der Waals surface area contributed by atoms with E-state index in [1.165, 1.54) is 0 Å². The quantitative estimate of drug-likeness (QED) is 0.436. The summed E-state index contributed by atoms with van der Waals surface area (Å²) in [6.07, 6.45) is 4.33. The molecule has 98 valence electrons. The van der Waals surface area contributed by atoms with Gasteiger partial charge in [-0.05, 0) is 30.9 Å². The van der Waals surface area contributed by atoms with Crippen LogP contribution in [-0.2, 0) is 19.1 Å². The van der Waals surface area contributed by atoms with Crippen molar-refractivity contribution in [3.05, 3.63) is 11.6 Å². The number of fused-ring (bicyclic) bond motifs is 5. The molecule has 2 saturated heterocycles. The number of cyclic esters (lactones) is 2. The molecule has 0 spiro atoms. The highest BCUT2D eigenvalue weighted by molar-refractivity contribution is 6.00. The predicted octanol–water partition coefficient (Wildman–Crippen LogP) is 1.98. The zero-order valence-corrected chi connectivity index (χ0v) is 11.0. The summed E-state index contributed by atoms with van der Waals surface area (Å²) in [5.74, 6) is -1.69. The zero-order valence-electron chi connectivity index (χ0n) is 11.0. The highest BCUT2D eigenvalue weighted by atomic mass is 16.6. The van der Waals surface area contributed by atoms with Crippen LogP contribution in [-0.4, -0.2) is 23.1 Å². The van der Waals surface area contributed by atoms with E-state index in [0.29, 0.717) is 12.8 Å². The van der Waals surface area contributed by atoms with Crippen molar-refractivity contribution in [2.24, 2.45) is 11.8 Å². The smallest absolute Gasteiger partial charge is 0.320 e. The molecule has 3 aliphatic heterocycles. The van der Waals surface area contributed by atoms with Crippen LogP contribution in [0.3, 0.4) is 0 Å². The number of ether oxygens (including phenoxy) is 2. The molecule has 0 amide bonds. The molecule has 0 aliphatic carbocycles. The van der Waals surface area contributed by atoms with Crippen molar-refractivity contribution in [1.29, 1.82) is 0 Å². The lowest BCUT2D eigenvalue weighted by Crippen LogP contribution is -2.41. The molecule has 2 unspecified atom stereocenters. The average molecular weight is 250 g/mol. The summed E-state index contributed by atoms with van der Waals surface area (Å²) in [7, 11) is 0. The van der Waals surface area contributed by atoms with Crippen molar-refractivity contribution in [3.8, 4) is 0 Å². The van der Waals surface area contributed by atoms with Crippen LogP contribution in [0.15, 0.2) is 11.6 Å². The minimum absolute atomic E-state index is 0.402. The first-order valence-electron chi connectivity index (χ1n) is 6.72. The molecule has 3 rings (SSSR count). The van der Waals surface area contributed by atoms with Crippen LogP contribution >= 0.6 is 0 Å². The number of esters is 2. The molecule has 0 aromatic heterocycles. The molecule has 4 heteroatoms. The Balaban J connectivity index is 2.19. The van der Waals surface area contributed by atoms with Gasteiger partial charge in [0.15, 0.2) is 0 Å². The zero-order chi connectivity index (χ0) is 13.1. The fourth-order valence-electron chi connectivity index (χ4n) is 4.02. The second-order valence-electron chi connectivity index (χ2n) is 5.37. The van der Waals surface area contributed by atoms with Crippen LogP contribution in [0, 0.1) is 11.8 Å². The average Bonchev–Trinajstić information content (AvgIpc) is 2.96. The Labute approximate surface area is 106 Å². The number of carbonyl (C=O) groups excluding carboxylic acids is 2. The van der Waals surface area contributed by atoms with Crippen LogP contribution in [0.25, 0.3) is 0 Å². The summed E-state index contributed by atoms with van der Waals surface area (Å²) in [5.41, 5.74) is -0.0618. The van der Waals surface area contributed by atoms with Crippen LogP contribution in [0.1, 0.15) is 40.0 Å². The number of carbonyl (C=O) groups is 2. The van der Waals surface area contributed by atoms with Crippen molar-refractivity contribution in [1.82, 2.24) is 0 Å². The number of hydrogen-bond donors (Lipinski definition) is 0. The first kappa shape index (κ1) is 11.9. The van der Waals surface area contributed by atoms with E-state index in [0.717, 1.165) is 12.0 Å². The summed E-state index contributed by atoms with van der Waals surface area (Å²) in [6.45, 7) is 6.06. The fourth-order valence-corrected chi connectivity index (χ4v) is 4.02. The minimum atomic E-state index is -0.616. The molecule has 18 heavy (non-hydrogen) atoms. The van der Waals surface area contributed by atoms with Gasteiger partial charge in [0.1, 0.15) is 23.0 Å². The third-order valence-corrected chi connectivity index (χ3v) is 4.86. The molecule has 4 atom stereocenters. The van der Waals surface area contributed by atoms with Gasteiger partial charge in [-0.25, -0.2) is 0 Å². The van der Waals surface area contributed by atoms with Gasteiger partial charge in [0.2, 0.25) is 0 Å². The van der Waals surface area contributed by atoms with Crippen LogP contribution in [0.4, 0.5) is 0 Å². The third-order valence-electron chi connectivity index (χ3n) is 4.86. The maximum absolute atomic E-state index is 12.0. The molecule has 3 heterocycles. The first-order chi connectivity index (χ1) is 8.54. The maximum atomic E-state index is 12.0. The number of rotatable bonds is 3. The van der Waals surface area contributed by atoms with Crippen LogP contribution < -0.4 is 0 Å². The third kappa shape index (κ3) is 1.06. The van der Waals surface area contributed by atoms with E-state index in [1.807, 2.05) is 13.8 Å². The fraction of sp³-hybridized carbons (Fsp3) is 0.714. The van der Waals surface area contributed by atoms with Gasteiger partial charge in [-0.2, -0.15) is 0 Å². The highest BCUT2D eigenvalue weighted by Crippen LogP contribution is 2.62. The molecule has 2 fully saturated rings. The van der Waals surface area contributed by atoms with E-state index in [4.69, 9.17) is 9.47 Å². The normalized spacial score (nSPS) is 45.2. The van der Waals surface area contributed by atoms with Crippen LogP contribution in [0.5, 0.6) is 0 Å². The van der Waals surface area contributed by atoms with E-state index in [1.54, 1.807) is 0 Å². The molecule has 2 bridgehead atoms. The monoisotopic (exact) mass is 250 g/mol. The molecule has 3 aliphatic rings. The molecule has 0 saturated carbocycles. The molecular formula is C14H18O4. The molecule has 0 N–H and O–H groups in total. The summed E-state index contributed by atoms with van der Waals surface area (Å²) in [4.78, 5) is 23.9. The Kier molecular flexibility index (Phi) is 2.28. The van der Waals surface area contributed by atoms with Gasteiger partial charge in [-0.15, -0.1) is 0 Å². The maximum Gasteiger partial charge on any atom is 0.320 e. The van der Waals surface area contributed by atoms with Crippen LogP contribution in [0.2, 0.25) is 0 Å². The second kappa shape index (κ2) is 3.44. The van der Waals surface area contributed by atoms with E-state index in [2.05, 4.69) is 13.0 Å². The van der Waals surface area contributed by atoms with Gasteiger partial charge in [0, 0.05) is 0 Å². The molecule has 0 aromatic carbocycles. The molecule has 0 aromatic rings. The Hall–Kier alpha value is -1.16. The summed E-state index contributed by atoms with van der Waals surface area (Å²) in [5, 5.41) is 0. The Morgan fingerprint density at radius 2 is 1.78 bits per heavy atom. The largest absolute Gasteiger partial charge is 0.393 e. The van der Waals surface area contributed by atoms with E-state index >= 15 is 0 Å². The van der Waals surface area contributed by atoms with E-state index in [-0.39, 0.29) is 0 Å². The first-order valence-corrected chi connectivity index (χ1v) is 6.72. The van der Waals surface area contributed by atoms with Gasteiger partial charge in [0.25, 0.3) is 0 Å². The van der Waals surface area contributed by atoms with Gasteiger partial charge in [-0.3, -0.25) is 9.59 Å².